The fraction of sp³-hybridized carbons (Fsp3) is 0.816. The van der Waals surface area contributed by atoms with Crippen LogP contribution < -0.4 is 0 Å². The van der Waals surface area contributed by atoms with Crippen molar-refractivity contribution in [2.45, 2.75) is 162 Å². The molecule has 0 bridgehead atoms. The lowest BCUT2D eigenvalue weighted by molar-refractivity contribution is -0.144. The highest BCUT2D eigenvalue weighted by Gasteiger charge is 2.55. The van der Waals surface area contributed by atoms with Crippen LogP contribution in [0.3, 0.4) is 0 Å². The molecule has 0 spiro atoms. The SMILES string of the molecule is CCCCCCC(OCCCCCCCC[C@H]1C[C@]2(C)C(=O)CC[C@H]2[C@@H]2CCC3=CC(=O)CCC3=C12)C(=O)N(C)C(C)C. The molecule has 1 amide bonds. The lowest BCUT2D eigenvalue weighted by Crippen LogP contribution is -2.44. The van der Waals surface area contributed by atoms with Crippen LogP contribution in [-0.4, -0.2) is 48.2 Å². The molecule has 0 aromatic rings. The standard InChI is InChI=1S/C38H61NO4/c1-6-7-8-14-17-34(37(42)39(5)27(2)3)43-24-15-12-10-9-11-13-16-29-26-38(4)33(22-23-35(38)41)32-20-18-28-25-30(40)19-21-31(28)36(29)32/h25,27,29,32-34H,6-24,26H2,1-5H3/t29-,32-,33-,34?,38-/m0/s1. The summed E-state index contributed by atoms with van der Waals surface area (Å²) < 4.78 is 6.17. The Morgan fingerprint density at radius 2 is 1.67 bits per heavy atom. The van der Waals surface area contributed by atoms with E-state index in [1.54, 1.807) is 5.57 Å². The smallest absolute Gasteiger partial charge is 0.251 e. The number of rotatable bonds is 17. The fourth-order valence-electron chi connectivity index (χ4n) is 8.80. The zero-order valence-electron chi connectivity index (χ0n) is 28.2. The predicted octanol–water partition coefficient (Wildman–Crippen LogP) is 8.94. The van der Waals surface area contributed by atoms with Gasteiger partial charge in [-0.25, -0.2) is 0 Å². The van der Waals surface area contributed by atoms with Crippen LogP contribution in [0.15, 0.2) is 22.8 Å². The van der Waals surface area contributed by atoms with Crippen molar-refractivity contribution in [3.05, 3.63) is 22.8 Å². The second kappa shape index (κ2) is 16.0. The molecule has 0 aliphatic heterocycles. The highest BCUT2D eigenvalue weighted by atomic mass is 16.5. The van der Waals surface area contributed by atoms with Crippen molar-refractivity contribution in [2.75, 3.05) is 13.7 Å². The number of amides is 1. The molecule has 242 valence electrons. The van der Waals surface area contributed by atoms with E-state index in [2.05, 4.69) is 27.7 Å². The van der Waals surface area contributed by atoms with Crippen molar-refractivity contribution in [1.82, 2.24) is 4.90 Å². The molecule has 2 saturated carbocycles. The number of unbranched alkanes of at least 4 members (excludes halogenated alkanes) is 8. The van der Waals surface area contributed by atoms with E-state index in [1.807, 2.05) is 18.0 Å². The van der Waals surface area contributed by atoms with Gasteiger partial charge < -0.3 is 9.64 Å². The van der Waals surface area contributed by atoms with E-state index in [0.29, 0.717) is 42.3 Å². The first-order valence-electron chi connectivity index (χ1n) is 18.1. The third-order valence-corrected chi connectivity index (χ3v) is 11.5. The number of ketones is 2. The Hall–Kier alpha value is -1.75. The van der Waals surface area contributed by atoms with Gasteiger partial charge in [0.1, 0.15) is 11.9 Å². The first-order chi connectivity index (χ1) is 20.7. The normalized spacial score (nSPS) is 27.6. The van der Waals surface area contributed by atoms with Crippen LogP contribution in [0.25, 0.3) is 0 Å². The Bertz CT molecular complexity index is 1040. The molecule has 0 saturated heterocycles. The largest absolute Gasteiger partial charge is 0.368 e. The van der Waals surface area contributed by atoms with Gasteiger partial charge in [0.2, 0.25) is 0 Å². The van der Waals surface area contributed by atoms with E-state index in [1.165, 1.54) is 62.5 Å². The number of hydrogen-bond acceptors (Lipinski definition) is 4. The maximum absolute atomic E-state index is 13.1. The van der Waals surface area contributed by atoms with Crippen molar-refractivity contribution in [1.29, 1.82) is 0 Å². The molecule has 43 heavy (non-hydrogen) atoms. The van der Waals surface area contributed by atoms with E-state index in [9.17, 15) is 14.4 Å². The van der Waals surface area contributed by atoms with Gasteiger partial charge in [0, 0.05) is 38.0 Å². The summed E-state index contributed by atoms with van der Waals surface area (Å²) >= 11 is 0. The summed E-state index contributed by atoms with van der Waals surface area (Å²) in [6, 6.07) is 0.192. The monoisotopic (exact) mass is 595 g/mol. The summed E-state index contributed by atoms with van der Waals surface area (Å²) in [6.07, 6.45) is 21.9. The molecule has 1 unspecified atom stereocenters. The van der Waals surface area contributed by atoms with Crippen molar-refractivity contribution < 1.29 is 19.1 Å². The molecule has 0 aromatic carbocycles. The average molecular weight is 596 g/mol. The lowest BCUT2D eigenvalue weighted by atomic mass is 9.53. The second-order valence-corrected chi connectivity index (χ2v) is 14.8. The summed E-state index contributed by atoms with van der Waals surface area (Å²) in [5.74, 6) is 2.51. The quantitative estimate of drug-likeness (QED) is 0.158. The van der Waals surface area contributed by atoms with Crippen molar-refractivity contribution in [2.24, 2.45) is 23.2 Å². The first-order valence-corrected chi connectivity index (χ1v) is 18.1. The Morgan fingerprint density at radius 1 is 0.953 bits per heavy atom. The first kappa shape index (κ1) is 34.1. The van der Waals surface area contributed by atoms with Gasteiger partial charge in [0.25, 0.3) is 5.91 Å². The molecule has 2 fully saturated rings. The number of carbonyl (C=O) groups is 3. The number of nitrogens with zero attached hydrogens (tertiary/aromatic N) is 1. The molecule has 0 radical (unpaired) electrons. The molecule has 0 heterocycles. The summed E-state index contributed by atoms with van der Waals surface area (Å²) in [4.78, 5) is 40.1. The topological polar surface area (TPSA) is 63.7 Å². The highest BCUT2D eigenvalue weighted by molar-refractivity contribution is 5.93. The Morgan fingerprint density at radius 3 is 2.42 bits per heavy atom. The molecule has 4 aliphatic rings. The van der Waals surface area contributed by atoms with Crippen LogP contribution in [0, 0.1) is 23.2 Å². The highest BCUT2D eigenvalue weighted by Crippen LogP contribution is 2.61. The maximum Gasteiger partial charge on any atom is 0.251 e. The third kappa shape index (κ3) is 8.30. The van der Waals surface area contributed by atoms with Gasteiger partial charge >= 0.3 is 0 Å². The van der Waals surface area contributed by atoms with Gasteiger partial charge in [0.15, 0.2) is 5.78 Å². The van der Waals surface area contributed by atoms with Gasteiger partial charge in [-0.05, 0) is 100 Å². The van der Waals surface area contributed by atoms with Gasteiger partial charge in [-0.1, -0.05) is 77.2 Å². The van der Waals surface area contributed by atoms with E-state index >= 15 is 0 Å². The predicted molar refractivity (Wildman–Crippen MR) is 175 cm³/mol. The van der Waals surface area contributed by atoms with E-state index in [4.69, 9.17) is 4.74 Å². The van der Waals surface area contributed by atoms with Crippen LogP contribution in [0.1, 0.15) is 150 Å². The summed E-state index contributed by atoms with van der Waals surface area (Å²) in [7, 11) is 1.89. The van der Waals surface area contributed by atoms with Gasteiger partial charge in [-0.2, -0.15) is 0 Å². The van der Waals surface area contributed by atoms with Gasteiger partial charge in [-0.15, -0.1) is 0 Å². The zero-order chi connectivity index (χ0) is 31.0. The number of ether oxygens (including phenoxy) is 1. The van der Waals surface area contributed by atoms with Gasteiger partial charge in [0.05, 0.1) is 0 Å². The Labute approximate surface area is 262 Å². The molecule has 5 atom stereocenters. The number of carbonyl (C=O) groups excluding carboxylic acids is 3. The van der Waals surface area contributed by atoms with Crippen LogP contribution in [-0.2, 0) is 19.1 Å². The van der Waals surface area contributed by atoms with Crippen LogP contribution in [0.2, 0.25) is 0 Å². The van der Waals surface area contributed by atoms with E-state index < -0.39 is 0 Å². The third-order valence-electron chi connectivity index (χ3n) is 11.5. The Kier molecular flexibility index (Phi) is 12.7. The average Bonchev–Trinajstić information content (AvgIpc) is 3.29. The number of allylic oxidation sites excluding steroid dienone is 4. The van der Waals surface area contributed by atoms with Crippen molar-refractivity contribution in [3.8, 4) is 0 Å². The van der Waals surface area contributed by atoms with Crippen molar-refractivity contribution >= 4 is 17.5 Å². The Balaban J connectivity index is 1.22. The summed E-state index contributed by atoms with van der Waals surface area (Å²) in [5, 5.41) is 0. The lowest BCUT2D eigenvalue weighted by Gasteiger charge is -2.50. The summed E-state index contributed by atoms with van der Waals surface area (Å²) in [5.41, 5.74) is 4.37. The molecule has 5 heteroatoms. The van der Waals surface area contributed by atoms with E-state index in [0.717, 1.165) is 64.2 Å². The van der Waals surface area contributed by atoms with E-state index in [-0.39, 0.29) is 23.5 Å². The van der Waals surface area contributed by atoms with Crippen LogP contribution in [0.5, 0.6) is 0 Å². The zero-order valence-corrected chi connectivity index (χ0v) is 28.2. The number of Topliss-reactive ketones (excluding diaryl/α,β-unsaturated/α-hetero) is 1. The molecular formula is C38H61NO4. The minimum absolute atomic E-state index is 0.132. The maximum atomic E-state index is 13.1. The molecule has 5 nitrogen and oxygen atoms in total. The van der Waals surface area contributed by atoms with Crippen LogP contribution in [0.4, 0.5) is 0 Å². The molecule has 0 aromatic heterocycles. The molecule has 4 aliphatic carbocycles. The minimum Gasteiger partial charge on any atom is -0.368 e. The summed E-state index contributed by atoms with van der Waals surface area (Å²) in [6.45, 7) is 9.28. The number of hydrogen-bond donors (Lipinski definition) is 0. The molecule has 4 rings (SSSR count). The van der Waals surface area contributed by atoms with Crippen molar-refractivity contribution in [3.63, 3.8) is 0 Å². The molecular weight excluding hydrogens is 534 g/mol. The second-order valence-electron chi connectivity index (χ2n) is 14.8. The van der Waals surface area contributed by atoms with Crippen LogP contribution >= 0.6 is 0 Å². The number of fused-ring (bicyclic) bond motifs is 4. The fourth-order valence-corrected chi connectivity index (χ4v) is 8.80. The number of likely N-dealkylation sites (N-methyl/N-ethyl adjacent to an activating group) is 1. The molecule has 0 N–H and O–H groups in total. The minimum atomic E-state index is -0.301. The van der Waals surface area contributed by atoms with Gasteiger partial charge in [-0.3, -0.25) is 14.4 Å².